The lowest BCUT2D eigenvalue weighted by Gasteiger charge is -2.34. The van der Waals surface area contributed by atoms with E-state index in [1.54, 1.807) is 36.4 Å². The number of carbonyl (C=O) groups excluding carboxylic acids is 2. The van der Waals surface area contributed by atoms with Gasteiger partial charge in [0.2, 0.25) is 0 Å². The number of carboxylic acids is 1. The average molecular weight is 394 g/mol. The summed E-state index contributed by atoms with van der Waals surface area (Å²) in [6, 6.07) is 12.9. The molecule has 0 spiro atoms. The smallest absolute Gasteiger partial charge is 0.331 e. The first-order valence-corrected chi connectivity index (χ1v) is 9.68. The lowest BCUT2D eigenvalue weighted by atomic mass is 9.92. The van der Waals surface area contributed by atoms with E-state index in [0.717, 1.165) is 12.0 Å². The zero-order chi connectivity index (χ0) is 20.4. The molecule has 150 valence electrons. The van der Waals surface area contributed by atoms with Crippen molar-refractivity contribution >= 4 is 23.5 Å². The van der Waals surface area contributed by atoms with Gasteiger partial charge in [0.05, 0.1) is 0 Å². The van der Waals surface area contributed by atoms with Crippen LogP contribution >= 0.6 is 0 Å². The first-order valence-electron chi connectivity index (χ1n) is 9.68. The van der Waals surface area contributed by atoms with Crippen molar-refractivity contribution in [3.63, 3.8) is 0 Å². The van der Waals surface area contributed by atoms with Crippen LogP contribution in [0.3, 0.4) is 0 Å². The minimum Gasteiger partial charge on any atom is -0.479 e. The number of fused-ring (bicyclic) bond motifs is 1. The molecule has 7 nitrogen and oxygen atoms in total. The van der Waals surface area contributed by atoms with Gasteiger partial charge in [-0.05, 0) is 48.6 Å². The molecule has 2 aromatic rings. The molecule has 2 heterocycles. The zero-order valence-corrected chi connectivity index (χ0v) is 15.8. The summed E-state index contributed by atoms with van der Waals surface area (Å²) >= 11 is 0. The summed E-state index contributed by atoms with van der Waals surface area (Å²) in [5, 5.41) is 12.6. The molecule has 0 saturated carbocycles. The first-order chi connectivity index (χ1) is 14.0. The fourth-order valence-electron chi connectivity index (χ4n) is 3.95. The number of hydrogen-bond acceptors (Lipinski definition) is 4. The molecule has 2 unspecified atom stereocenters. The Morgan fingerprint density at radius 2 is 1.93 bits per heavy atom. The third-order valence-electron chi connectivity index (χ3n) is 5.38. The van der Waals surface area contributed by atoms with Gasteiger partial charge in [-0.15, -0.1) is 0 Å². The second kappa shape index (κ2) is 8.05. The highest BCUT2D eigenvalue weighted by Gasteiger charge is 2.36. The third-order valence-corrected chi connectivity index (χ3v) is 5.38. The molecule has 2 amide bonds. The molecule has 0 radical (unpaired) electrons. The van der Waals surface area contributed by atoms with Crippen molar-refractivity contribution in [3.05, 3.63) is 65.2 Å². The summed E-state index contributed by atoms with van der Waals surface area (Å²) in [7, 11) is 0. The topological polar surface area (TPSA) is 95.9 Å². The number of rotatable bonds is 4. The molecule has 0 aliphatic carbocycles. The Morgan fingerprint density at radius 1 is 1.10 bits per heavy atom. The van der Waals surface area contributed by atoms with Crippen LogP contribution < -0.4 is 5.32 Å². The molecule has 0 bridgehead atoms. The van der Waals surface area contributed by atoms with Crippen molar-refractivity contribution in [1.29, 1.82) is 0 Å². The van der Waals surface area contributed by atoms with E-state index in [0.29, 0.717) is 42.8 Å². The Labute approximate surface area is 168 Å². The Morgan fingerprint density at radius 3 is 2.69 bits per heavy atom. The van der Waals surface area contributed by atoms with Gasteiger partial charge >= 0.3 is 5.97 Å². The fourth-order valence-corrected chi connectivity index (χ4v) is 3.95. The van der Waals surface area contributed by atoms with Crippen molar-refractivity contribution in [3.8, 4) is 0 Å². The lowest BCUT2D eigenvalue weighted by Crippen LogP contribution is -2.43. The third kappa shape index (κ3) is 3.86. The number of anilines is 1. The van der Waals surface area contributed by atoms with E-state index < -0.39 is 18.1 Å². The summed E-state index contributed by atoms with van der Waals surface area (Å²) in [5.74, 6) is -1.67. The SMILES string of the molecule is O=C(Nc1cccc(C(=O)N2CCc3ccccc3C2C(=O)O)c1)C1CCCO1. The highest BCUT2D eigenvalue weighted by molar-refractivity contribution is 6.00. The summed E-state index contributed by atoms with van der Waals surface area (Å²) in [6.45, 7) is 0.892. The number of nitrogens with one attached hydrogen (secondary N) is 1. The maximum Gasteiger partial charge on any atom is 0.331 e. The molecule has 1 fully saturated rings. The van der Waals surface area contributed by atoms with Crippen LogP contribution in [0.4, 0.5) is 5.69 Å². The summed E-state index contributed by atoms with van der Waals surface area (Å²) in [5.41, 5.74) is 2.41. The summed E-state index contributed by atoms with van der Waals surface area (Å²) < 4.78 is 5.38. The molecule has 4 rings (SSSR count). The minimum absolute atomic E-state index is 0.234. The second-order valence-electron chi connectivity index (χ2n) is 7.26. The number of benzene rings is 2. The molecule has 1 saturated heterocycles. The van der Waals surface area contributed by atoms with Gasteiger partial charge in [0.1, 0.15) is 6.10 Å². The van der Waals surface area contributed by atoms with Gasteiger partial charge in [-0.1, -0.05) is 30.3 Å². The molecule has 2 aliphatic heterocycles. The molecule has 7 heteroatoms. The average Bonchev–Trinajstić information content (AvgIpc) is 3.27. The highest BCUT2D eigenvalue weighted by Crippen LogP contribution is 2.31. The van der Waals surface area contributed by atoms with Crippen LogP contribution in [0.25, 0.3) is 0 Å². The number of hydrogen-bond donors (Lipinski definition) is 2. The molecular formula is C22H22N2O5. The molecule has 2 N–H and O–H groups in total. The van der Waals surface area contributed by atoms with E-state index in [2.05, 4.69) is 5.32 Å². The van der Waals surface area contributed by atoms with E-state index in [1.165, 1.54) is 4.90 Å². The predicted molar refractivity (Wildman–Crippen MR) is 106 cm³/mol. The van der Waals surface area contributed by atoms with Gasteiger partial charge in [0, 0.05) is 24.4 Å². The van der Waals surface area contributed by atoms with Crippen LogP contribution in [0, 0.1) is 0 Å². The monoisotopic (exact) mass is 394 g/mol. The largest absolute Gasteiger partial charge is 0.479 e. The molecular weight excluding hydrogens is 372 g/mol. The van der Waals surface area contributed by atoms with Crippen LogP contribution in [0.1, 0.15) is 40.4 Å². The second-order valence-corrected chi connectivity index (χ2v) is 7.26. The van der Waals surface area contributed by atoms with Crippen molar-refractivity contribution in [1.82, 2.24) is 4.90 Å². The van der Waals surface area contributed by atoms with Crippen LogP contribution in [0.15, 0.2) is 48.5 Å². The van der Waals surface area contributed by atoms with Gasteiger partial charge in [-0.25, -0.2) is 4.79 Å². The quantitative estimate of drug-likeness (QED) is 0.831. The Bertz CT molecular complexity index is 952. The standard InChI is InChI=1S/C22H22N2O5/c25-20(18-9-4-12-29-18)23-16-7-3-6-15(13-16)21(26)24-11-10-14-5-1-2-8-17(14)19(24)22(27)28/h1-3,5-8,13,18-19H,4,9-12H2,(H,23,25)(H,27,28). The van der Waals surface area contributed by atoms with Gasteiger partial charge in [0.25, 0.3) is 11.8 Å². The molecule has 0 aromatic heterocycles. The Kier molecular flexibility index (Phi) is 5.31. The van der Waals surface area contributed by atoms with E-state index in [1.807, 2.05) is 12.1 Å². The lowest BCUT2D eigenvalue weighted by molar-refractivity contribution is -0.143. The normalized spacial score (nSPS) is 20.8. The Hall–Kier alpha value is -3.19. The van der Waals surface area contributed by atoms with Crippen molar-refractivity contribution in [2.24, 2.45) is 0 Å². The summed E-state index contributed by atoms with van der Waals surface area (Å²) in [4.78, 5) is 38.7. The number of nitrogens with zero attached hydrogens (tertiary/aromatic N) is 1. The highest BCUT2D eigenvalue weighted by atomic mass is 16.5. The molecule has 2 atom stereocenters. The number of aliphatic carboxylic acids is 1. The molecule has 29 heavy (non-hydrogen) atoms. The van der Waals surface area contributed by atoms with Crippen LogP contribution in [-0.2, 0) is 20.7 Å². The van der Waals surface area contributed by atoms with E-state index >= 15 is 0 Å². The molecule has 2 aliphatic rings. The number of carbonyl (C=O) groups is 3. The van der Waals surface area contributed by atoms with E-state index in [4.69, 9.17) is 4.74 Å². The van der Waals surface area contributed by atoms with Crippen LogP contribution in [0.2, 0.25) is 0 Å². The van der Waals surface area contributed by atoms with Crippen molar-refractivity contribution < 1.29 is 24.2 Å². The number of amides is 2. The Balaban J connectivity index is 1.56. The van der Waals surface area contributed by atoms with Gasteiger partial charge in [-0.2, -0.15) is 0 Å². The van der Waals surface area contributed by atoms with E-state index in [-0.39, 0.29) is 11.8 Å². The predicted octanol–water partition coefficient (Wildman–Crippen LogP) is 2.63. The van der Waals surface area contributed by atoms with Crippen LogP contribution in [0.5, 0.6) is 0 Å². The summed E-state index contributed by atoms with van der Waals surface area (Å²) in [6.07, 6.45) is 1.66. The number of carboxylic acid groups (broad SMARTS) is 1. The molecule has 2 aromatic carbocycles. The first kappa shape index (κ1) is 19.1. The number of ether oxygens (including phenoxy) is 1. The van der Waals surface area contributed by atoms with Gasteiger partial charge < -0.3 is 20.1 Å². The minimum atomic E-state index is -1.06. The van der Waals surface area contributed by atoms with Crippen LogP contribution in [-0.4, -0.2) is 47.0 Å². The van der Waals surface area contributed by atoms with Gasteiger partial charge in [-0.3, -0.25) is 9.59 Å². The fraction of sp³-hybridized carbons (Fsp3) is 0.318. The van der Waals surface area contributed by atoms with E-state index in [9.17, 15) is 19.5 Å². The maximum absolute atomic E-state index is 13.1. The maximum atomic E-state index is 13.1. The van der Waals surface area contributed by atoms with Crippen molar-refractivity contribution in [2.75, 3.05) is 18.5 Å². The van der Waals surface area contributed by atoms with Gasteiger partial charge in [0.15, 0.2) is 6.04 Å². The zero-order valence-electron chi connectivity index (χ0n) is 15.8. The van der Waals surface area contributed by atoms with Crippen molar-refractivity contribution in [2.45, 2.75) is 31.4 Å².